The highest BCUT2D eigenvalue weighted by molar-refractivity contribution is 5.73. The van der Waals surface area contributed by atoms with Gasteiger partial charge in [-0.3, -0.25) is 4.79 Å². The highest BCUT2D eigenvalue weighted by Crippen LogP contribution is 2.33. The highest BCUT2D eigenvalue weighted by atomic mass is 19.4. The number of hydrogen-bond acceptors (Lipinski definition) is 6. The van der Waals surface area contributed by atoms with Crippen molar-refractivity contribution in [3.05, 3.63) is 17.8 Å². The molecule has 0 spiro atoms. The van der Waals surface area contributed by atoms with Gasteiger partial charge in [-0.15, -0.1) is 0 Å². The monoisotopic (exact) mass is 374 g/mol. The topological polar surface area (TPSA) is 124 Å². The molecule has 26 heavy (non-hydrogen) atoms. The summed E-state index contributed by atoms with van der Waals surface area (Å²) >= 11 is 0. The molecule has 2 rings (SSSR count). The van der Waals surface area contributed by atoms with Gasteiger partial charge in [0.25, 0.3) is 0 Å². The number of alkyl halides is 3. The predicted octanol–water partition coefficient (Wildman–Crippen LogP) is 2.37. The summed E-state index contributed by atoms with van der Waals surface area (Å²) in [5.41, 5.74) is 12.3. The molecular weight excluding hydrogens is 353 g/mol. The predicted molar refractivity (Wildman–Crippen MR) is 88.1 cm³/mol. The van der Waals surface area contributed by atoms with Crippen LogP contribution in [0.3, 0.4) is 0 Å². The second kappa shape index (κ2) is 7.90. The number of nitrogens with zero attached hydrogens (tertiary/aromatic N) is 2. The Bertz CT molecular complexity index is 694. The van der Waals surface area contributed by atoms with E-state index in [-0.39, 0.29) is 17.7 Å². The molecule has 1 aliphatic carbocycles. The smallest absolute Gasteiger partial charge is 0.425 e. The van der Waals surface area contributed by atoms with Crippen LogP contribution < -0.4 is 16.2 Å². The quantitative estimate of drug-likeness (QED) is 0.698. The summed E-state index contributed by atoms with van der Waals surface area (Å²) in [5, 5.41) is 8.87. The molecule has 5 N–H and O–H groups in total. The van der Waals surface area contributed by atoms with E-state index in [9.17, 15) is 18.0 Å². The summed E-state index contributed by atoms with van der Waals surface area (Å²) in [6.07, 6.45) is -2.40. The van der Waals surface area contributed by atoms with Crippen molar-refractivity contribution in [2.45, 2.75) is 50.9 Å². The molecule has 10 heteroatoms. The van der Waals surface area contributed by atoms with Crippen molar-refractivity contribution in [3.8, 4) is 5.88 Å². The third kappa shape index (κ3) is 5.32. The van der Waals surface area contributed by atoms with Crippen molar-refractivity contribution >= 4 is 17.5 Å². The van der Waals surface area contributed by atoms with Gasteiger partial charge in [0.1, 0.15) is 6.04 Å². The van der Waals surface area contributed by atoms with Gasteiger partial charge in [-0.2, -0.15) is 18.2 Å². The van der Waals surface area contributed by atoms with Crippen LogP contribution in [0.25, 0.3) is 5.57 Å². The fourth-order valence-corrected chi connectivity index (χ4v) is 2.71. The number of aromatic nitrogens is 2. The van der Waals surface area contributed by atoms with Crippen LogP contribution in [-0.2, 0) is 4.79 Å². The summed E-state index contributed by atoms with van der Waals surface area (Å²) in [7, 11) is 0. The molecule has 7 nitrogen and oxygen atoms in total. The second-order valence-electron chi connectivity index (χ2n) is 6.30. The van der Waals surface area contributed by atoms with Crippen LogP contribution in [0.1, 0.15) is 38.3 Å². The molecule has 1 aliphatic rings. The molecule has 0 radical (unpaired) electrons. The van der Waals surface area contributed by atoms with Crippen molar-refractivity contribution < 1.29 is 27.8 Å². The first kappa shape index (κ1) is 20.0. The van der Waals surface area contributed by atoms with Crippen LogP contribution >= 0.6 is 0 Å². The minimum Gasteiger partial charge on any atom is -0.480 e. The molecule has 0 saturated heterocycles. The maximum Gasteiger partial charge on any atom is 0.425 e. The van der Waals surface area contributed by atoms with Gasteiger partial charge in [0, 0.05) is 6.07 Å². The van der Waals surface area contributed by atoms with Gasteiger partial charge in [0.2, 0.25) is 11.8 Å². The van der Waals surface area contributed by atoms with Gasteiger partial charge in [0.05, 0.1) is 5.69 Å². The van der Waals surface area contributed by atoms with Crippen LogP contribution in [0.5, 0.6) is 5.88 Å². The number of ether oxygens (including phenoxy) is 1. The van der Waals surface area contributed by atoms with Gasteiger partial charge in [-0.25, -0.2) is 4.98 Å². The van der Waals surface area contributed by atoms with E-state index in [4.69, 9.17) is 21.3 Å². The van der Waals surface area contributed by atoms with E-state index in [1.54, 1.807) is 0 Å². The second-order valence-corrected chi connectivity index (χ2v) is 6.30. The number of anilines is 1. The van der Waals surface area contributed by atoms with E-state index >= 15 is 0 Å². The lowest BCUT2D eigenvalue weighted by molar-refractivity contribution is -0.190. The fraction of sp³-hybridized carbons (Fsp3) is 0.562. The average molecular weight is 374 g/mol. The van der Waals surface area contributed by atoms with E-state index in [0.29, 0.717) is 31.4 Å². The summed E-state index contributed by atoms with van der Waals surface area (Å²) in [5.74, 6) is -1.33. The molecule has 0 saturated carbocycles. The van der Waals surface area contributed by atoms with E-state index in [1.807, 2.05) is 6.08 Å². The van der Waals surface area contributed by atoms with Crippen molar-refractivity contribution in [1.29, 1.82) is 0 Å². The Morgan fingerprint density at radius 3 is 2.69 bits per heavy atom. The number of allylic oxidation sites excluding steroid dienone is 2. The summed E-state index contributed by atoms with van der Waals surface area (Å²) < 4.78 is 42.7. The van der Waals surface area contributed by atoms with Crippen LogP contribution in [0.4, 0.5) is 19.1 Å². The molecule has 144 valence electrons. The number of rotatable bonds is 6. The Balaban J connectivity index is 2.10. The normalized spacial score (nSPS) is 20.2. The molecule has 0 amide bonds. The number of nitrogen functional groups attached to an aromatic ring is 1. The number of carboxylic acids is 1. The number of carbonyl (C=O) groups is 1. The molecule has 1 aromatic rings. The van der Waals surface area contributed by atoms with Crippen LogP contribution in [0, 0.1) is 5.92 Å². The lowest BCUT2D eigenvalue weighted by Crippen LogP contribution is -2.32. The summed E-state index contributed by atoms with van der Waals surface area (Å²) in [4.78, 5) is 18.6. The van der Waals surface area contributed by atoms with Gasteiger partial charge >= 0.3 is 12.1 Å². The molecule has 1 heterocycles. The molecule has 0 aromatic carbocycles. The minimum atomic E-state index is -4.51. The van der Waals surface area contributed by atoms with Gasteiger partial charge in [-0.05, 0) is 44.1 Å². The largest absolute Gasteiger partial charge is 0.480 e. The molecule has 0 fully saturated rings. The Morgan fingerprint density at radius 2 is 2.15 bits per heavy atom. The number of halogens is 3. The number of carboxylic acid groups (broad SMARTS) is 1. The standard InChI is InChI=1S/C16H21F3N4O3/c1-8(16(17,18)19)26-13-7-12(22-15(21)23-13)10-4-2-9(3-5-10)6-11(20)14(24)25/h4,7-9,11H,2-3,5-6,20H2,1H3,(H,24,25)(H2,21,22,23)/t8-,9?,11?/m1/s1. The maximum atomic E-state index is 12.6. The van der Waals surface area contributed by atoms with Crippen LogP contribution in [0.2, 0.25) is 0 Å². The van der Waals surface area contributed by atoms with Gasteiger partial charge in [-0.1, -0.05) is 6.08 Å². The zero-order valence-corrected chi connectivity index (χ0v) is 14.2. The zero-order valence-electron chi connectivity index (χ0n) is 14.2. The SMILES string of the molecule is C[C@@H](Oc1cc(C2=CCC(CC(N)C(=O)O)CC2)nc(N)n1)C(F)(F)F. The molecule has 0 bridgehead atoms. The molecular formula is C16H21F3N4O3. The van der Waals surface area contributed by atoms with E-state index < -0.39 is 24.3 Å². The molecule has 3 atom stereocenters. The Hall–Kier alpha value is -2.36. The van der Waals surface area contributed by atoms with Crippen LogP contribution in [-0.4, -0.2) is 39.4 Å². The number of hydrogen-bond donors (Lipinski definition) is 3. The van der Waals surface area contributed by atoms with Gasteiger partial charge < -0.3 is 21.3 Å². The number of aliphatic carboxylic acids is 1. The van der Waals surface area contributed by atoms with Crippen LogP contribution in [0.15, 0.2) is 12.1 Å². The third-order valence-corrected chi connectivity index (χ3v) is 4.23. The molecule has 1 aromatic heterocycles. The Kier molecular flexibility index (Phi) is 6.06. The van der Waals surface area contributed by atoms with Gasteiger partial charge in [0.15, 0.2) is 6.10 Å². The van der Waals surface area contributed by atoms with Crippen molar-refractivity contribution in [3.63, 3.8) is 0 Å². The zero-order chi connectivity index (χ0) is 19.5. The number of nitrogens with two attached hydrogens (primary N) is 2. The summed E-state index contributed by atoms with van der Waals surface area (Å²) in [6, 6.07) is 0.418. The lowest BCUT2D eigenvalue weighted by atomic mass is 9.84. The fourth-order valence-electron chi connectivity index (χ4n) is 2.71. The summed E-state index contributed by atoms with van der Waals surface area (Å²) in [6.45, 7) is 0.883. The Labute approximate surface area is 148 Å². The van der Waals surface area contributed by atoms with Crippen molar-refractivity contribution in [2.24, 2.45) is 11.7 Å². The molecule has 0 aliphatic heterocycles. The first-order chi connectivity index (χ1) is 12.1. The first-order valence-electron chi connectivity index (χ1n) is 8.12. The van der Waals surface area contributed by atoms with Crippen molar-refractivity contribution in [1.82, 2.24) is 9.97 Å². The van der Waals surface area contributed by atoms with Crippen molar-refractivity contribution in [2.75, 3.05) is 5.73 Å². The van der Waals surface area contributed by atoms with E-state index in [2.05, 4.69) is 9.97 Å². The average Bonchev–Trinajstić information content (AvgIpc) is 2.54. The lowest BCUT2D eigenvalue weighted by Gasteiger charge is -2.23. The maximum absolute atomic E-state index is 12.6. The Morgan fingerprint density at radius 1 is 1.46 bits per heavy atom. The van der Waals surface area contributed by atoms with E-state index in [0.717, 1.165) is 12.5 Å². The molecule has 2 unspecified atom stereocenters. The minimum absolute atomic E-state index is 0.130. The third-order valence-electron chi connectivity index (χ3n) is 4.23. The first-order valence-corrected chi connectivity index (χ1v) is 8.12. The van der Waals surface area contributed by atoms with E-state index in [1.165, 1.54) is 6.07 Å². The highest BCUT2D eigenvalue weighted by Gasteiger charge is 2.38.